The normalized spacial score (nSPS) is 11.0. The Kier molecular flexibility index (Phi) is 3.08. The van der Waals surface area contributed by atoms with Gasteiger partial charge in [-0.2, -0.15) is 5.10 Å². The van der Waals surface area contributed by atoms with Crippen LogP contribution in [0.2, 0.25) is 0 Å². The van der Waals surface area contributed by atoms with Crippen LogP contribution < -0.4 is 4.74 Å². The van der Waals surface area contributed by atoms with Crippen LogP contribution in [0.1, 0.15) is 0 Å². The van der Waals surface area contributed by atoms with Gasteiger partial charge in [0.05, 0.1) is 30.1 Å². The van der Waals surface area contributed by atoms with Gasteiger partial charge in [0, 0.05) is 19.4 Å². The molecular weight excluding hydrogens is 290 g/mol. The van der Waals surface area contributed by atoms with Crippen LogP contribution in [0.4, 0.5) is 0 Å². The van der Waals surface area contributed by atoms with Gasteiger partial charge in [0.25, 0.3) is 0 Å². The lowest BCUT2D eigenvalue weighted by Crippen LogP contribution is -1.94. The second-order valence-corrected chi connectivity index (χ2v) is 5.21. The lowest BCUT2D eigenvalue weighted by atomic mass is 10.3. The van der Waals surface area contributed by atoms with Gasteiger partial charge in [-0.3, -0.25) is 0 Å². The molecule has 0 radical (unpaired) electrons. The van der Waals surface area contributed by atoms with Crippen molar-refractivity contribution in [1.82, 2.24) is 24.3 Å². The van der Waals surface area contributed by atoms with E-state index in [4.69, 9.17) is 4.74 Å². The molecule has 4 rings (SSSR count). The minimum absolute atomic E-state index is 0.738. The van der Waals surface area contributed by atoms with Crippen LogP contribution in [0.5, 0.6) is 5.75 Å². The number of hydrogen-bond acceptors (Lipinski definition) is 4. The van der Waals surface area contributed by atoms with Crippen molar-refractivity contribution in [3.05, 3.63) is 55.0 Å². The van der Waals surface area contributed by atoms with E-state index in [-0.39, 0.29) is 0 Å². The van der Waals surface area contributed by atoms with E-state index in [0.29, 0.717) is 0 Å². The summed E-state index contributed by atoms with van der Waals surface area (Å²) in [4.78, 5) is 8.89. The molecular formula is C17H15N5O. The quantitative estimate of drug-likeness (QED) is 0.584. The summed E-state index contributed by atoms with van der Waals surface area (Å²) in [5.41, 5.74) is 3.65. The first-order chi connectivity index (χ1) is 11.3. The maximum atomic E-state index is 5.18. The number of pyridine rings is 1. The molecule has 1 aromatic carbocycles. The average Bonchev–Trinajstić information content (AvgIpc) is 3.20. The first kappa shape index (κ1) is 13.5. The molecule has 23 heavy (non-hydrogen) atoms. The number of aromatic nitrogens is 5. The molecule has 0 unspecified atom stereocenters. The van der Waals surface area contributed by atoms with Gasteiger partial charge in [0.15, 0.2) is 5.65 Å². The van der Waals surface area contributed by atoms with Gasteiger partial charge in [0.2, 0.25) is 0 Å². The summed E-state index contributed by atoms with van der Waals surface area (Å²) in [7, 11) is 3.64. The van der Waals surface area contributed by atoms with Gasteiger partial charge < -0.3 is 9.30 Å². The number of hydrogen-bond donors (Lipinski definition) is 0. The van der Waals surface area contributed by atoms with E-state index in [1.165, 1.54) is 0 Å². The molecule has 0 amide bonds. The highest BCUT2D eigenvalue weighted by atomic mass is 16.5. The number of imidazole rings is 1. The highest BCUT2D eigenvalue weighted by molar-refractivity contribution is 5.76. The summed E-state index contributed by atoms with van der Waals surface area (Å²) >= 11 is 0. The lowest BCUT2D eigenvalue weighted by molar-refractivity contribution is 0.414. The summed E-state index contributed by atoms with van der Waals surface area (Å²) in [5, 5.41) is 4.43. The number of methoxy groups -OCH3 is 1. The fourth-order valence-electron chi connectivity index (χ4n) is 2.60. The number of nitrogens with zero attached hydrogens (tertiary/aromatic N) is 5. The smallest absolute Gasteiger partial charge is 0.178 e. The van der Waals surface area contributed by atoms with Gasteiger partial charge in [-0.05, 0) is 36.4 Å². The molecule has 0 N–H and O–H groups in total. The standard InChI is InChI=1S/C17H15N5O/c1-21-15-4-3-9-18-16(15)20-17(21)12-10-19-22(11-12)13-5-7-14(23-2)8-6-13/h3-11H,1-2H3. The summed E-state index contributed by atoms with van der Waals surface area (Å²) < 4.78 is 9.03. The Morgan fingerprint density at radius 2 is 1.91 bits per heavy atom. The molecule has 0 bridgehead atoms. The van der Waals surface area contributed by atoms with E-state index in [9.17, 15) is 0 Å². The maximum absolute atomic E-state index is 5.18. The monoisotopic (exact) mass is 305 g/mol. The Bertz CT molecular complexity index is 968. The van der Waals surface area contributed by atoms with E-state index in [1.54, 1.807) is 13.3 Å². The second kappa shape index (κ2) is 5.24. The molecule has 0 saturated carbocycles. The van der Waals surface area contributed by atoms with Crippen LogP contribution in [0.25, 0.3) is 28.2 Å². The van der Waals surface area contributed by atoms with Gasteiger partial charge in [-0.25, -0.2) is 14.6 Å². The van der Waals surface area contributed by atoms with Crippen LogP contribution in [0.15, 0.2) is 55.0 Å². The van der Waals surface area contributed by atoms with Crippen molar-refractivity contribution in [1.29, 1.82) is 0 Å². The first-order valence-corrected chi connectivity index (χ1v) is 7.23. The molecule has 3 aromatic heterocycles. The number of ether oxygens (including phenoxy) is 1. The van der Waals surface area contributed by atoms with Crippen molar-refractivity contribution in [2.45, 2.75) is 0 Å². The molecule has 114 valence electrons. The fraction of sp³-hybridized carbons (Fsp3) is 0.118. The van der Waals surface area contributed by atoms with Crippen LogP contribution in [0, 0.1) is 0 Å². The summed E-state index contributed by atoms with van der Waals surface area (Å²) in [6.45, 7) is 0. The molecule has 0 aliphatic carbocycles. The fourth-order valence-corrected chi connectivity index (χ4v) is 2.60. The summed E-state index contributed by atoms with van der Waals surface area (Å²) in [6.07, 6.45) is 5.52. The third-order valence-electron chi connectivity index (χ3n) is 3.83. The van der Waals surface area contributed by atoms with Crippen molar-refractivity contribution in [3.8, 4) is 22.8 Å². The molecule has 6 heteroatoms. The molecule has 6 nitrogen and oxygen atoms in total. The molecule has 0 fully saturated rings. The van der Waals surface area contributed by atoms with Gasteiger partial charge in [-0.15, -0.1) is 0 Å². The zero-order valence-electron chi connectivity index (χ0n) is 12.8. The Morgan fingerprint density at radius 1 is 1.09 bits per heavy atom. The van der Waals surface area contributed by atoms with Crippen molar-refractivity contribution in [2.75, 3.05) is 7.11 Å². The maximum Gasteiger partial charge on any atom is 0.178 e. The SMILES string of the molecule is COc1ccc(-n2cc(-c3nc4ncccc4n3C)cn2)cc1. The highest BCUT2D eigenvalue weighted by Gasteiger charge is 2.12. The van der Waals surface area contributed by atoms with Crippen LogP contribution in [0.3, 0.4) is 0 Å². The molecule has 0 aliphatic heterocycles. The minimum atomic E-state index is 0.738. The van der Waals surface area contributed by atoms with Crippen molar-refractivity contribution >= 4 is 11.2 Å². The van der Waals surface area contributed by atoms with E-state index in [1.807, 2.05) is 65.1 Å². The molecule has 4 aromatic rings. The van der Waals surface area contributed by atoms with Crippen molar-refractivity contribution in [3.63, 3.8) is 0 Å². The third kappa shape index (κ3) is 2.24. The predicted molar refractivity (Wildman–Crippen MR) is 87.6 cm³/mol. The Labute approximate surface area is 133 Å². The molecule has 0 saturated heterocycles. The van der Waals surface area contributed by atoms with E-state index < -0.39 is 0 Å². The Morgan fingerprint density at radius 3 is 2.65 bits per heavy atom. The van der Waals surface area contributed by atoms with Crippen molar-refractivity contribution < 1.29 is 4.74 Å². The highest BCUT2D eigenvalue weighted by Crippen LogP contribution is 2.23. The van der Waals surface area contributed by atoms with Gasteiger partial charge in [-0.1, -0.05) is 0 Å². The molecule has 0 aliphatic rings. The molecule has 0 atom stereocenters. The Hall–Kier alpha value is -3.15. The topological polar surface area (TPSA) is 57.8 Å². The Balaban J connectivity index is 1.75. The van der Waals surface area contributed by atoms with E-state index >= 15 is 0 Å². The number of aryl methyl sites for hydroxylation is 1. The number of benzene rings is 1. The first-order valence-electron chi connectivity index (χ1n) is 7.23. The van der Waals surface area contributed by atoms with Crippen molar-refractivity contribution in [2.24, 2.45) is 7.05 Å². The average molecular weight is 305 g/mol. The van der Waals surface area contributed by atoms with E-state index in [2.05, 4.69) is 15.1 Å². The number of fused-ring (bicyclic) bond motifs is 1. The van der Waals surface area contributed by atoms with Gasteiger partial charge in [0.1, 0.15) is 11.6 Å². The zero-order chi connectivity index (χ0) is 15.8. The minimum Gasteiger partial charge on any atom is -0.497 e. The largest absolute Gasteiger partial charge is 0.497 e. The van der Waals surface area contributed by atoms with Crippen LogP contribution in [-0.2, 0) is 7.05 Å². The lowest BCUT2D eigenvalue weighted by Gasteiger charge is -2.03. The zero-order valence-corrected chi connectivity index (χ0v) is 12.8. The van der Waals surface area contributed by atoms with E-state index in [0.717, 1.165) is 34.0 Å². The second-order valence-electron chi connectivity index (χ2n) is 5.21. The predicted octanol–water partition coefficient (Wildman–Crippen LogP) is 2.83. The third-order valence-corrected chi connectivity index (χ3v) is 3.83. The number of rotatable bonds is 3. The molecule has 0 spiro atoms. The molecule has 3 heterocycles. The summed E-state index contributed by atoms with van der Waals surface area (Å²) in [6, 6.07) is 11.7. The van der Waals surface area contributed by atoms with Gasteiger partial charge >= 0.3 is 0 Å². The van der Waals surface area contributed by atoms with Crippen LogP contribution >= 0.6 is 0 Å². The summed E-state index contributed by atoms with van der Waals surface area (Å²) in [5.74, 6) is 1.67. The van der Waals surface area contributed by atoms with Crippen LogP contribution in [-0.4, -0.2) is 31.4 Å².